The number of rotatable bonds is 6. The number of nitrogens with one attached hydrogen (secondary N) is 1. The zero-order chi connectivity index (χ0) is 20.2. The predicted molar refractivity (Wildman–Crippen MR) is 106 cm³/mol. The maximum absolute atomic E-state index is 9.42. The fourth-order valence-corrected chi connectivity index (χ4v) is 2.92. The van der Waals surface area contributed by atoms with Gasteiger partial charge >= 0.3 is 0 Å². The molecule has 0 aliphatic rings. The summed E-state index contributed by atoms with van der Waals surface area (Å²) in [6.07, 6.45) is 6.48. The fraction of sp³-hybridized carbons (Fsp3) is 0.150. The number of nitriles is 1. The van der Waals surface area contributed by atoms with Crippen LogP contribution in [0, 0.1) is 11.3 Å². The van der Waals surface area contributed by atoms with Gasteiger partial charge in [-0.1, -0.05) is 0 Å². The van der Waals surface area contributed by atoms with Gasteiger partial charge in [-0.3, -0.25) is 9.38 Å². The second-order valence-electron chi connectivity index (χ2n) is 6.02. The van der Waals surface area contributed by atoms with Gasteiger partial charge in [0.25, 0.3) is 0 Å². The highest BCUT2D eigenvalue weighted by Crippen LogP contribution is 2.31. The van der Waals surface area contributed by atoms with Crippen molar-refractivity contribution in [2.45, 2.75) is 6.61 Å². The molecule has 29 heavy (non-hydrogen) atoms. The molecule has 9 heteroatoms. The number of hydrogen-bond acceptors (Lipinski definition) is 8. The lowest BCUT2D eigenvalue weighted by Gasteiger charge is -2.13. The minimum Gasteiger partial charge on any atom is -0.480 e. The van der Waals surface area contributed by atoms with Crippen LogP contribution in [0.2, 0.25) is 0 Å². The van der Waals surface area contributed by atoms with Gasteiger partial charge in [0.1, 0.15) is 18.1 Å². The van der Waals surface area contributed by atoms with Crippen molar-refractivity contribution in [1.29, 1.82) is 5.26 Å². The molecule has 0 aromatic carbocycles. The zero-order valence-corrected chi connectivity index (χ0v) is 15.8. The van der Waals surface area contributed by atoms with Crippen LogP contribution in [0.1, 0.15) is 11.3 Å². The SMILES string of the molecule is CNc1cnc2cc(C#N)cc(-c3cccnc3OCc3cnc(OC)cn3)n12. The van der Waals surface area contributed by atoms with Crippen molar-refractivity contribution in [1.82, 2.24) is 24.3 Å². The molecule has 4 aromatic rings. The molecule has 9 nitrogen and oxygen atoms in total. The maximum Gasteiger partial charge on any atom is 0.231 e. The van der Waals surface area contributed by atoms with Crippen molar-refractivity contribution in [2.24, 2.45) is 0 Å². The Morgan fingerprint density at radius 3 is 2.76 bits per heavy atom. The van der Waals surface area contributed by atoms with E-state index < -0.39 is 0 Å². The van der Waals surface area contributed by atoms with Gasteiger partial charge in [0, 0.05) is 13.2 Å². The minimum atomic E-state index is 0.185. The molecule has 0 radical (unpaired) electrons. The van der Waals surface area contributed by atoms with Crippen LogP contribution < -0.4 is 14.8 Å². The predicted octanol–water partition coefficient (Wildman–Crippen LogP) is 2.69. The second-order valence-corrected chi connectivity index (χ2v) is 6.02. The topological polar surface area (TPSA) is 110 Å². The average molecular weight is 387 g/mol. The Morgan fingerprint density at radius 2 is 2.03 bits per heavy atom. The van der Waals surface area contributed by atoms with E-state index in [9.17, 15) is 5.26 Å². The Balaban J connectivity index is 1.74. The van der Waals surface area contributed by atoms with Crippen LogP contribution in [0.15, 0.2) is 49.1 Å². The first-order chi connectivity index (χ1) is 14.2. The Hall–Kier alpha value is -4.19. The summed E-state index contributed by atoms with van der Waals surface area (Å²) >= 11 is 0. The molecule has 4 aromatic heterocycles. The number of imidazole rings is 1. The van der Waals surface area contributed by atoms with Crippen LogP contribution in [0.5, 0.6) is 11.8 Å². The van der Waals surface area contributed by atoms with Crippen molar-refractivity contribution >= 4 is 11.5 Å². The molecule has 0 aliphatic carbocycles. The lowest BCUT2D eigenvalue weighted by Crippen LogP contribution is -2.04. The van der Waals surface area contributed by atoms with Gasteiger partial charge in [0.15, 0.2) is 0 Å². The number of pyridine rings is 2. The third-order valence-electron chi connectivity index (χ3n) is 4.29. The highest BCUT2D eigenvalue weighted by Gasteiger charge is 2.16. The molecule has 1 N–H and O–H groups in total. The standard InChI is InChI=1S/C20H17N7O2/c1-22-18-10-25-17-7-13(8-21)6-16(27(17)18)15-4-3-5-23-20(15)29-12-14-9-26-19(28-2)11-24-14/h3-7,9-11,22H,12H2,1-2H3. The van der Waals surface area contributed by atoms with E-state index in [0.717, 1.165) is 17.1 Å². The molecule has 4 heterocycles. The van der Waals surface area contributed by atoms with E-state index in [2.05, 4.69) is 31.3 Å². The summed E-state index contributed by atoms with van der Waals surface area (Å²) in [7, 11) is 3.35. The number of fused-ring (bicyclic) bond motifs is 1. The van der Waals surface area contributed by atoms with Crippen molar-refractivity contribution in [3.05, 3.63) is 60.3 Å². The Morgan fingerprint density at radius 1 is 1.14 bits per heavy atom. The molecule has 4 rings (SSSR count). The number of ether oxygens (including phenoxy) is 2. The van der Waals surface area contributed by atoms with E-state index in [4.69, 9.17) is 9.47 Å². The normalized spacial score (nSPS) is 10.5. The van der Waals surface area contributed by atoms with Crippen molar-refractivity contribution in [3.8, 4) is 29.1 Å². The summed E-state index contributed by atoms with van der Waals surface area (Å²) in [6.45, 7) is 0.185. The van der Waals surface area contributed by atoms with Crippen molar-refractivity contribution in [3.63, 3.8) is 0 Å². The van der Waals surface area contributed by atoms with E-state index >= 15 is 0 Å². The smallest absolute Gasteiger partial charge is 0.231 e. The van der Waals surface area contributed by atoms with Crippen molar-refractivity contribution in [2.75, 3.05) is 19.5 Å². The molecular formula is C20H17N7O2. The first kappa shape index (κ1) is 18.2. The second kappa shape index (κ2) is 7.82. The van der Waals surface area contributed by atoms with Crippen LogP contribution in [0.4, 0.5) is 5.82 Å². The van der Waals surface area contributed by atoms with Crippen LogP contribution in [-0.2, 0) is 6.61 Å². The molecule has 0 bridgehead atoms. The van der Waals surface area contributed by atoms with Gasteiger partial charge in [-0.05, 0) is 24.3 Å². The highest BCUT2D eigenvalue weighted by atomic mass is 16.5. The van der Waals surface area contributed by atoms with E-state index in [-0.39, 0.29) is 6.61 Å². The molecular weight excluding hydrogens is 370 g/mol. The summed E-state index contributed by atoms with van der Waals surface area (Å²) in [4.78, 5) is 17.1. The highest BCUT2D eigenvalue weighted by molar-refractivity contribution is 5.72. The van der Waals surface area contributed by atoms with Gasteiger partial charge < -0.3 is 14.8 Å². The zero-order valence-electron chi connectivity index (χ0n) is 15.8. The van der Waals surface area contributed by atoms with E-state index in [1.54, 1.807) is 30.7 Å². The first-order valence-corrected chi connectivity index (χ1v) is 8.76. The van der Waals surface area contributed by atoms with Crippen LogP contribution in [0.3, 0.4) is 0 Å². The van der Waals surface area contributed by atoms with Crippen molar-refractivity contribution < 1.29 is 9.47 Å². The molecule has 0 saturated heterocycles. The van der Waals surface area contributed by atoms with E-state index in [1.165, 1.54) is 13.3 Å². The number of anilines is 1. The largest absolute Gasteiger partial charge is 0.480 e. The monoisotopic (exact) mass is 387 g/mol. The lowest BCUT2D eigenvalue weighted by atomic mass is 10.1. The van der Waals surface area contributed by atoms with Crippen LogP contribution in [-0.4, -0.2) is 38.5 Å². The van der Waals surface area contributed by atoms with Gasteiger partial charge in [0.2, 0.25) is 11.8 Å². The number of nitrogens with zero attached hydrogens (tertiary/aromatic N) is 6. The first-order valence-electron chi connectivity index (χ1n) is 8.76. The summed E-state index contributed by atoms with van der Waals surface area (Å²) in [5.41, 5.74) is 3.25. The van der Waals surface area contributed by atoms with Gasteiger partial charge in [-0.25, -0.2) is 15.0 Å². The Bertz CT molecular complexity index is 1200. The Kier molecular flexibility index (Phi) is 4.90. The van der Waals surface area contributed by atoms with Gasteiger partial charge in [-0.2, -0.15) is 5.26 Å². The number of aromatic nitrogens is 5. The van der Waals surface area contributed by atoms with Gasteiger partial charge in [-0.15, -0.1) is 0 Å². The number of hydrogen-bond donors (Lipinski definition) is 1. The van der Waals surface area contributed by atoms with Crippen LogP contribution in [0.25, 0.3) is 16.9 Å². The molecule has 0 saturated carbocycles. The number of methoxy groups -OCH3 is 1. The molecule has 0 fully saturated rings. The Labute approximate surface area is 166 Å². The minimum absolute atomic E-state index is 0.185. The molecule has 144 valence electrons. The summed E-state index contributed by atoms with van der Waals surface area (Å²) in [6, 6.07) is 9.40. The summed E-state index contributed by atoms with van der Waals surface area (Å²) in [5, 5.41) is 12.5. The van der Waals surface area contributed by atoms with Gasteiger partial charge in [0.05, 0.1) is 54.3 Å². The van der Waals surface area contributed by atoms with E-state index in [0.29, 0.717) is 28.7 Å². The maximum atomic E-state index is 9.42. The summed E-state index contributed by atoms with van der Waals surface area (Å²) in [5.74, 6) is 1.63. The lowest BCUT2D eigenvalue weighted by molar-refractivity contribution is 0.289. The molecule has 0 spiro atoms. The third-order valence-corrected chi connectivity index (χ3v) is 4.29. The molecule has 0 atom stereocenters. The third kappa shape index (κ3) is 3.51. The molecule has 0 amide bonds. The van der Waals surface area contributed by atoms with Crippen LogP contribution >= 0.6 is 0 Å². The molecule has 0 aliphatic heterocycles. The fourth-order valence-electron chi connectivity index (χ4n) is 2.92. The average Bonchev–Trinajstić information content (AvgIpc) is 3.20. The molecule has 0 unspecified atom stereocenters. The van der Waals surface area contributed by atoms with E-state index in [1.807, 2.05) is 23.6 Å². The quantitative estimate of drug-likeness (QED) is 0.538. The summed E-state index contributed by atoms with van der Waals surface area (Å²) < 4.78 is 12.9.